The van der Waals surface area contributed by atoms with Gasteiger partial charge in [-0.25, -0.2) is 0 Å². The van der Waals surface area contributed by atoms with Crippen molar-refractivity contribution in [3.8, 4) is 0 Å². The van der Waals surface area contributed by atoms with Gasteiger partial charge in [-0.3, -0.25) is 14.9 Å². The van der Waals surface area contributed by atoms with Gasteiger partial charge in [0.1, 0.15) is 0 Å². The zero-order chi connectivity index (χ0) is 11.1. The Bertz CT molecular complexity index is 291. The van der Waals surface area contributed by atoms with E-state index >= 15 is 0 Å². The average Bonchev–Trinajstić information content (AvgIpc) is 2.44. The van der Waals surface area contributed by atoms with E-state index in [4.69, 9.17) is 5.11 Å². The van der Waals surface area contributed by atoms with E-state index in [1.165, 1.54) is 0 Å². The van der Waals surface area contributed by atoms with Gasteiger partial charge in [0.05, 0.1) is 6.42 Å². The van der Waals surface area contributed by atoms with Crippen LogP contribution in [0.4, 0.5) is 0 Å². The molecule has 2 fully saturated rings. The molecule has 0 aromatic carbocycles. The van der Waals surface area contributed by atoms with Crippen LogP contribution < -0.4 is 0 Å². The molecule has 1 N–H and O–H groups in total. The van der Waals surface area contributed by atoms with E-state index in [-0.39, 0.29) is 47.4 Å². The van der Waals surface area contributed by atoms with Gasteiger partial charge < -0.3 is 5.11 Å². The first-order valence-corrected chi connectivity index (χ1v) is 5.37. The van der Waals surface area contributed by atoms with E-state index in [0.29, 0.717) is 11.8 Å². The molecule has 5 nitrogen and oxygen atoms in total. The van der Waals surface area contributed by atoms with Crippen molar-refractivity contribution < 1.29 is 14.8 Å². The van der Waals surface area contributed by atoms with Crippen LogP contribution in [-0.4, -0.2) is 52.1 Å². The molecule has 2 aliphatic carbocycles. The molecule has 0 aliphatic heterocycles. The predicted octanol–water partition coefficient (Wildman–Crippen LogP) is 0.896. The van der Waals surface area contributed by atoms with Gasteiger partial charge >= 0.3 is 35.5 Å². The molecule has 0 saturated heterocycles. The Morgan fingerprint density at radius 1 is 1.50 bits per heavy atom. The van der Waals surface area contributed by atoms with E-state index in [0.717, 1.165) is 25.7 Å². The molecule has 2 aliphatic rings. The van der Waals surface area contributed by atoms with Crippen LogP contribution in [0.3, 0.4) is 0 Å². The third kappa shape index (κ3) is 2.41. The molecule has 2 rings (SSSR count). The van der Waals surface area contributed by atoms with Gasteiger partial charge in [-0.15, -0.1) is 0 Å². The molecule has 0 aromatic rings. The molecule has 0 bridgehead atoms. The first kappa shape index (κ1) is 13.9. The second kappa shape index (κ2) is 5.02. The Morgan fingerprint density at radius 3 is 2.69 bits per heavy atom. The zero-order valence-corrected chi connectivity index (χ0v) is 8.52. The maximum absolute atomic E-state index is 10.8. The number of aliphatic carboxylic acids is 1. The van der Waals surface area contributed by atoms with Crippen LogP contribution >= 0.6 is 0 Å². The SMILES string of the molecule is O=C(O)C[C@@]1(C[N+](=O)[O-])C[C@H]2CCC[C@H]21.[NaH]. The summed E-state index contributed by atoms with van der Waals surface area (Å²) in [5, 5.41) is 19.4. The summed E-state index contributed by atoms with van der Waals surface area (Å²) < 4.78 is 0. The Labute approximate surface area is 116 Å². The first-order chi connectivity index (χ1) is 7.03. The third-order valence-electron chi connectivity index (χ3n) is 4.06. The average molecular weight is 237 g/mol. The van der Waals surface area contributed by atoms with Crippen LogP contribution in [0, 0.1) is 27.4 Å². The molecule has 86 valence electrons. The number of rotatable bonds is 4. The fraction of sp³-hybridized carbons (Fsp3) is 0.900. The van der Waals surface area contributed by atoms with Crippen molar-refractivity contribution in [2.24, 2.45) is 17.3 Å². The van der Waals surface area contributed by atoms with Gasteiger partial charge in [-0.2, -0.15) is 0 Å². The number of carboxylic acid groups (broad SMARTS) is 1. The van der Waals surface area contributed by atoms with Crippen LogP contribution in [0.2, 0.25) is 0 Å². The van der Waals surface area contributed by atoms with Crippen molar-refractivity contribution in [3.63, 3.8) is 0 Å². The molecule has 16 heavy (non-hydrogen) atoms. The molecular formula is C10H16NNaO4. The Kier molecular flexibility index (Phi) is 4.37. The van der Waals surface area contributed by atoms with E-state index in [1.807, 2.05) is 0 Å². The summed E-state index contributed by atoms with van der Waals surface area (Å²) in [6, 6.07) is 0. The number of nitrogens with zero attached hydrogens (tertiary/aromatic N) is 1. The zero-order valence-electron chi connectivity index (χ0n) is 8.52. The number of nitro groups is 1. The second-order valence-corrected chi connectivity index (χ2v) is 4.93. The molecule has 0 aromatic heterocycles. The fourth-order valence-corrected chi connectivity index (χ4v) is 3.60. The minimum absolute atomic E-state index is 0. The summed E-state index contributed by atoms with van der Waals surface area (Å²) in [5.74, 6) is -0.0505. The number of carboxylic acids is 1. The summed E-state index contributed by atoms with van der Waals surface area (Å²) in [5.41, 5.74) is -0.531. The van der Waals surface area contributed by atoms with E-state index < -0.39 is 11.4 Å². The van der Waals surface area contributed by atoms with Gasteiger partial charge in [0, 0.05) is 10.3 Å². The standard InChI is InChI=1S/C10H15NO4.Na.H/c12-9(13)5-10(6-11(14)15)4-7-2-1-3-8(7)10;;/h7-8H,1-6H2,(H,12,13);;/t7-,8-,10-;;/m1../s1. The molecule has 0 amide bonds. The van der Waals surface area contributed by atoms with Gasteiger partial charge in [-0.1, -0.05) is 12.8 Å². The van der Waals surface area contributed by atoms with Gasteiger partial charge in [0.2, 0.25) is 6.54 Å². The first-order valence-electron chi connectivity index (χ1n) is 5.37. The number of fused-ring (bicyclic) bond motifs is 1. The quantitative estimate of drug-likeness (QED) is 0.447. The van der Waals surface area contributed by atoms with E-state index in [9.17, 15) is 14.9 Å². The summed E-state index contributed by atoms with van der Waals surface area (Å²) >= 11 is 0. The third-order valence-corrected chi connectivity index (χ3v) is 4.06. The normalized spacial score (nSPS) is 35.8. The number of hydrogen-bond acceptors (Lipinski definition) is 3. The summed E-state index contributed by atoms with van der Waals surface area (Å²) in [4.78, 5) is 21.0. The van der Waals surface area contributed by atoms with E-state index in [1.54, 1.807) is 0 Å². The van der Waals surface area contributed by atoms with Crippen molar-refractivity contribution in [3.05, 3.63) is 10.1 Å². The molecule has 0 radical (unpaired) electrons. The minimum atomic E-state index is -0.901. The van der Waals surface area contributed by atoms with Crippen molar-refractivity contribution in [1.82, 2.24) is 0 Å². The summed E-state index contributed by atoms with van der Waals surface area (Å²) in [6.07, 6.45) is 3.92. The molecule has 0 heterocycles. The molecule has 0 spiro atoms. The van der Waals surface area contributed by atoms with Crippen LogP contribution in [0.1, 0.15) is 32.1 Å². The molecule has 3 atom stereocenters. The summed E-state index contributed by atoms with van der Waals surface area (Å²) in [7, 11) is 0. The van der Waals surface area contributed by atoms with Crippen molar-refractivity contribution in [2.75, 3.05) is 6.54 Å². The van der Waals surface area contributed by atoms with Crippen LogP contribution in [0.25, 0.3) is 0 Å². The fourth-order valence-electron chi connectivity index (χ4n) is 3.60. The second-order valence-electron chi connectivity index (χ2n) is 4.93. The topological polar surface area (TPSA) is 80.4 Å². The Hall–Kier alpha value is -0.130. The molecule has 0 unspecified atom stereocenters. The van der Waals surface area contributed by atoms with Crippen molar-refractivity contribution >= 4 is 35.5 Å². The summed E-state index contributed by atoms with van der Waals surface area (Å²) in [6.45, 7) is -0.166. The van der Waals surface area contributed by atoms with Crippen molar-refractivity contribution in [2.45, 2.75) is 32.1 Å². The van der Waals surface area contributed by atoms with Gasteiger partial charge in [0.15, 0.2) is 0 Å². The predicted molar refractivity (Wildman–Crippen MR) is 59.1 cm³/mol. The number of hydrogen-bond donors (Lipinski definition) is 1. The molecule has 2 saturated carbocycles. The van der Waals surface area contributed by atoms with Gasteiger partial charge in [-0.05, 0) is 24.7 Å². The van der Waals surface area contributed by atoms with Crippen LogP contribution in [0.15, 0.2) is 0 Å². The van der Waals surface area contributed by atoms with E-state index in [2.05, 4.69) is 0 Å². The maximum atomic E-state index is 10.8. The number of carbonyl (C=O) groups is 1. The monoisotopic (exact) mass is 237 g/mol. The Balaban J connectivity index is 0.00000128. The molecule has 6 heteroatoms. The Morgan fingerprint density at radius 2 is 2.19 bits per heavy atom. The van der Waals surface area contributed by atoms with Crippen molar-refractivity contribution in [1.29, 1.82) is 0 Å². The molecular weight excluding hydrogens is 221 g/mol. The van der Waals surface area contributed by atoms with Crippen LogP contribution in [-0.2, 0) is 4.79 Å². The van der Waals surface area contributed by atoms with Gasteiger partial charge in [0.25, 0.3) is 0 Å². The van der Waals surface area contributed by atoms with Crippen LogP contribution in [0.5, 0.6) is 0 Å².